The van der Waals surface area contributed by atoms with E-state index in [0.717, 1.165) is 42.6 Å². The van der Waals surface area contributed by atoms with Crippen molar-refractivity contribution in [2.45, 2.75) is 64.4 Å². The summed E-state index contributed by atoms with van der Waals surface area (Å²) < 4.78 is 11.6. The summed E-state index contributed by atoms with van der Waals surface area (Å²) in [6.45, 7) is 6.70. The van der Waals surface area contributed by atoms with E-state index in [1.807, 2.05) is 43.3 Å². The Bertz CT molecular complexity index is 947. The van der Waals surface area contributed by atoms with Crippen molar-refractivity contribution >= 4 is 5.97 Å². The molecule has 3 atom stereocenters. The minimum atomic E-state index is -0.838. The first kappa shape index (κ1) is 26.2. The molecule has 0 radical (unpaired) electrons. The van der Waals surface area contributed by atoms with Gasteiger partial charge in [0.15, 0.2) is 0 Å². The first-order valence-corrected chi connectivity index (χ1v) is 12.5. The van der Waals surface area contributed by atoms with Crippen LogP contribution >= 0.6 is 0 Å². The fourth-order valence-electron chi connectivity index (χ4n) is 5.26. The van der Waals surface area contributed by atoms with E-state index in [-0.39, 0.29) is 11.9 Å². The highest BCUT2D eigenvalue weighted by Crippen LogP contribution is 2.47. The number of hydrogen-bond acceptors (Lipinski definition) is 4. The molecule has 2 aromatic rings. The number of hydrogen-bond donors (Lipinski definition) is 0. The van der Waals surface area contributed by atoms with Crippen molar-refractivity contribution in [2.24, 2.45) is 11.8 Å². The van der Waals surface area contributed by atoms with Gasteiger partial charge < -0.3 is 19.3 Å². The van der Waals surface area contributed by atoms with Crippen molar-refractivity contribution in [3.8, 4) is 5.75 Å². The fourth-order valence-corrected chi connectivity index (χ4v) is 5.26. The fraction of sp³-hybridized carbons (Fsp3) is 0.552. The zero-order valence-electron chi connectivity index (χ0n) is 21.7. The highest BCUT2D eigenvalue weighted by Gasteiger charge is 2.48. The highest BCUT2D eigenvalue weighted by atomic mass is 16.6. The van der Waals surface area contributed by atoms with Gasteiger partial charge in [-0.25, -0.2) is 0 Å². The third-order valence-corrected chi connectivity index (χ3v) is 6.99. The number of methoxy groups -OCH3 is 1. The average molecular weight is 468 g/mol. The number of ether oxygens (including phenoxy) is 2. The monoisotopic (exact) mass is 467 g/mol. The second-order valence-electron chi connectivity index (χ2n) is 10.8. The van der Waals surface area contributed by atoms with Gasteiger partial charge in [-0.3, -0.25) is 4.79 Å². The summed E-state index contributed by atoms with van der Waals surface area (Å²) in [7, 11) is 4.96. The van der Waals surface area contributed by atoms with Crippen molar-refractivity contribution < 1.29 is 18.9 Å². The van der Waals surface area contributed by atoms with Crippen LogP contribution in [0.2, 0.25) is 0 Å². The quantitative estimate of drug-likeness (QED) is 0.250. The molecule has 0 amide bonds. The molecule has 34 heavy (non-hydrogen) atoms. The van der Waals surface area contributed by atoms with Gasteiger partial charge in [0.05, 0.1) is 39.6 Å². The van der Waals surface area contributed by atoms with Crippen molar-refractivity contribution in [3.63, 3.8) is 0 Å². The van der Waals surface area contributed by atoms with Crippen LogP contribution in [0.25, 0.3) is 0 Å². The lowest BCUT2D eigenvalue weighted by Crippen LogP contribution is -2.50. The second kappa shape index (κ2) is 10.9. The molecule has 3 rings (SSSR count). The molecule has 0 heterocycles. The lowest BCUT2D eigenvalue weighted by atomic mass is 9.70. The summed E-state index contributed by atoms with van der Waals surface area (Å²) >= 11 is 0. The standard InChI is InChI=1S/C29H41NO4/c1-21(2)18-23-13-15-24(16-14-23)22(3)28(31)34-29(25-11-9-12-27(19-25)33-6)17-8-7-10-26(29)20-30(4,5)32/h9,11-16,19,21-22,26H,7-8,10,17-18,20H2,1-6H3/t22?,26-,29+/m1/s1. The van der Waals surface area contributed by atoms with E-state index < -0.39 is 16.2 Å². The third-order valence-electron chi connectivity index (χ3n) is 6.99. The molecule has 0 aliphatic heterocycles. The van der Waals surface area contributed by atoms with E-state index in [4.69, 9.17) is 9.47 Å². The van der Waals surface area contributed by atoms with Crippen LogP contribution in [0.4, 0.5) is 0 Å². The molecule has 186 valence electrons. The number of esters is 1. The maximum Gasteiger partial charge on any atom is 0.314 e. The van der Waals surface area contributed by atoms with Crippen LogP contribution in [-0.2, 0) is 21.6 Å². The number of carbonyl (C=O) groups excluding carboxylic acids is 1. The summed E-state index contributed by atoms with van der Waals surface area (Å²) in [4.78, 5) is 13.6. The molecule has 1 saturated carbocycles. The van der Waals surface area contributed by atoms with Crippen molar-refractivity contribution in [1.82, 2.24) is 0 Å². The Balaban J connectivity index is 1.93. The van der Waals surface area contributed by atoms with Crippen molar-refractivity contribution in [2.75, 3.05) is 27.7 Å². The number of nitrogens with zero attached hydrogens (tertiary/aromatic N) is 1. The van der Waals surface area contributed by atoms with E-state index in [1.165, 1.54) is 5.56 Å². The molecule has 1 aliphatic carbocycles. The minimum Gasteiger partial charge on any atom is -0.633 e. The number of quaternary nitrogens is 1. The topological polar surface area (TPSA) is 58.6 Å². The SMILES string of the molecule is COc1cccc([C@@]2(OC(=O)C(C)c3ccc(CC(C)C)cc3)CCCC[C@@H]2C[N+](C)(C)[O-])c1. The van der Waals surface area contributed by atoms with Crippen LogP contribution in [0.1, 0.15) is 69.1 Å². The first-order valence-electron chi connectivity index (χ1n) is 12.5. The van der Waals surface area contributed by atoms with Crippen LogP contribution < -0.4 is 4.74 Å². The summed E-state index contributed by atoms with van der Waals surface area (Å²) in [5, 5.41) is 12.7. The molecule has 0 saturated heterocycles. The predicted molar refractivity (Wildman–Crippen MR) is 136 cm³/mol. The Morgan fingerprint density at radius 1 is 1.12 bits per heavy atom. The van der Waals surface area contributed by atoms with Gasteiger partial charge >= 0.3 is 5.97 Å². The number of benzene rings is 2. The second-order valence-corrected chi connectivity index (χ2v) is 10.8. The highest BCUT2D eigenvalue weighted by molar-refractivity contribution is 5.78. The lowest BCUT2D eigenvalue weighted by Gasteiger charge is -2.48. The maximum absolute atomic E-state index is 13.6. The number of carbonyl (C=O) groups is 1. The van der Waals surface area contributed by atoms with Gasteiger partial charge in [-0.05, 0) is 67.3 Å². The molecule has 0 aromatic heterocycles. The van der Waals surface area contributed by atoms with Gasteiger partial charge in [0, 0.05) is 0 Å². The summed E-state index contributed by atoms with van der Waals surface area (Å²) in [6.07, 6.45) is 4.55. The summed E-state index contributed by atoms with van der Waals surface area (Å²) in [6, 6.07) is 16.1. The maximum atomic E-state index is 13.6. The number of rotatable bonds is 9. The van der Waals surface area contributed by atoms with Gasteiger partial charge in [-0.15, -0.1) is 0 Å². The molecule has 5 heteroatoms. The normalized spacial score (nSPS) is 21.8. The van der Waals surface area contributed by atoms with E-state index in [1.54, 1.807) is 21.2 Å². The van der Waals surface area contributed by atoms with Gasteiger partial charge in [0.1, 0.15) is 11.4 Å². The third kappa shape index (κ3) is 6.39. The predicted octanol–water partition coefficient (Wildman–Crippen LogP) is 6.20. The van der Waals surface area contributed by atoms with Crippen LogP contribution in [0, 0.1) is 17.0 Å². The van der Waals surface area contributed by atoms with Gasteiger partial charge in [0.2, 0.25) is 0 Å². The molecule has 2 aromatic carbocycles. The van der Waals surface area contributed by atoms with Gasteiger partial charge in [-0.2, -0.15) is 0 Å². The van der Waals surface area contributed by atoms with Gasteiger partial charge in [-0.1, -0.05) is 56.7 Å². The van der Waals surface area contributed by atoms with Crippen LogP contribution in [0.15, 0.2) is 48.5 Å². The van der Waals surface area contributed by atoms with Crippen molar-refractivity contribution in [1.29, 1.82) is 0 Å². The Morgan fingerprint density at radius 2 is 1.82 bits per heavy atom. The van der Waals surface area contributed by atoms with Crippen LogP contribution in [0.3, 0.4) is 0 Å². The Labute approximate surface area is 205 Å². The summed E-state index contributed by atoms with van der Waals surface area (Å²) in [5.74, 6) is 0.602. The van der Waals surface area contributed by atoms with Gasteiger partial charge in [0.25, 0.3) is 0 Å². The summed E-state index contributed by atoms with van der Waals surface area (Å²) in [5.41, 5.74) is 2.30. The molecular formula is C29H41NO4. The average Bonchev–Trinajstić information content (AvgIpc) is 2.79. The molecule has 1 aliphatic rings. The molecular weight excluding hydrogens is 426 g/mol. The Kier molecular flexibility index (Phi) is 8.43. The zero-order valence-corrected chi connectivity index (χ0v) is 21.7. The van der Waals surface area contributed by atoms with Crippen molar-refractivity contribution in [3.05, 3.63) is 70.4 Å². The molecule has 0 spiro atoms. The molecule has 0 bridgehead atoms. The number of hydroxylamine groups is 3. The van der Waals surface area contributed by atoms with Crippen LogP contribution in [-0.4, -0.2) is 38.4 Å². The van der Waals surface area contributed by atoms with E-state index in [2.05, 4.69) is 26.0 Å². The molecule has 1 fully saturated rings. The minimum absolute atomic E-state index is 0.0644. The molecule has 1 unspecified atom stereocenters. The van der Waals surface area contributed by atoms with Crippen LogP contribution in [0.5, 0.6) is 5.75 Å². The molecule has 0 N–H and O–H groups in total. The first-order chi connectivity index (χ1) is 16.0. The Morgan fingerprint density at radius 3 is 2.44 bits per heavy atom. The lowest BCUT2D eigenvalue weighted by molar-refractivity contribution is -0.845. The van der Waals surface area contributed by atoms with E-state index >= 15 is 0 Å². The zero-order chi connectivity index (χ0) is 24.9. The van der Waals surface area contributed by atoms with E-state index in [9.17, 15) is 10.0 Å². The largest absolute Gasteiger partial charge is 0.633 e. The van der Waals surface area contributed by atoms with E-state index in [0.29, 0.717) is 18.9 Å². The molecule has 5 nitrogen and oxygen atoms in total. The Hall–Kier alpha value is -2.37. The smallest absolute Gasteiger partial charge is 0.314 e.